The topological polar surface area (TPSA) is 48.4 Å². The maximum atomic E-state index is 13.4. The zero-order valence-corrected chi connectivity index (χ0v) is 13.4. The van der Waals surface area contributed by atoms with E-state index in [1.165, 1.54) is 25.0 Å². The molecule has 0 saturated carbocycles. The monoisotopic (exact) mass is 335 g/mol. The first-order valence-electron chi connectivity index (χ1n) is 7.87. The molecule has 0 aliphatic rings. The third kappa shape index (κ3) is 5.30. The highest BCUT2D eigenvalue weighted by Crippen LogP contribution is 2.18. The van der Waals surface area contributed by atoms with E-state index in [9.17, 15) is 13.6 Å². The Hall–Kier alpha value is -2.50. The average molecular weight is 335 g/mol. The Morgan fingerprint density at radius 2 is 1.79 bits per heavy atom. The first-order chi connectivity index (χ1) is 11.6. The lowest BCUT2D eigenvalue weighted by Gasteiger charge is -2.07. The smallest absolute Gasteiger partial charge is 0.343 e. The van der Waals surface area contributed by atoms with Gasteiger partial charge in [0.2, 0.25) is 5.95 Å². The van der Waals surface area contributed by atoms with E-state index in [2.05, 4.69) is 11.9 Å². The normalized spacial score (nSPS) is 10.5. The van der Waals surface area contributed by atoms with Crippen molar-refractivity contribution >= 4 is 5.97 Å². The first-order valence-corrected chi connectivity index (χ1v) is 7.87. The number of aromatic nitrogens is 1. The second-order valence-corrected chi connectivity index (χ2v) is 5.25. The number of nitrogens with zero attached hydrogens (tertiary/aromatic N) is 1. The first kappa shape index (κ1) is 17.8. The van der Waals surface area contributed by atoms with Crippen molar-refractivity contribution in [1.82, 2.24) is 4.98 Å². The Balaban J connectivity index is 1.89. The predicted octanol–water partition coefficient (Wildman–Crippen LogP) is 4.54. The number of esters is 1. The van der Waals surface area contributed by atoms with E-state index in [0.29, 0.717) is 12.4 Å². The fourth-order valence-corrected chi connectivity index (χ4v) is 2.04. The SMILES string of the molecule is CCCCCCOc1ccc(C(=O)Oc2ccc(F)nc2F)cc1. The van der Waals surface area contributed by atoms with Gasteiger partial charge in [-0.05, 0) is 42.8 Å². The van der Waals surface area contributed by atoms with E-state index in [-0.39, 0.29) is 5.56 Å². The fraction of sp³-hybridized carbons (Fsp3) is 0.333. The van der Waals surface area contributed by atoms with Gasteiger partial charge in [-0.15, -0.1) is 0 Å². The number of benzene rings is 1. The zero-order valence-electron chi connectivity index (χ0n) is 13.4. The number of halogens is 2. The van der Waals surface area contributed by atoms with Crippen molar-refractivity contribution in [3.63, 3.8) is 0 Å². The highest BCUT2D eigenvalue weighted by Gasteiger charge is 2.13. The molecule has 1 heterocycles. The van der Waals surface area contributed by atoms with Crippen LogP contribution in [0, 0.1) is 11.9 Å². The fourth-order valence-electron chi connectivity index (χ4n) is 2.04. The minimum absolute atomic E-state index is 0.233. The van der Waals surface area contributed by atoms with E-state index >= 15 is 0 Å². The van der Waals surface area contributed by atoms with Crippen molar-refractivity contribution in [3.8, 4) is 11.5 Å². The van der Waals surface area contributed by atoms with E-state index in [1.54, 1.807) is 12.1 Å². The predicted molar refractivity (Wildman–Crippen MR) is 85.2 cm³/mol. The summed E-state index contributed by atoms with van der Waals surface area (Å²) in [6, 6.07) is 8.28. The van der Waals surface area contributed by atoms with Crippen molar-refractivity contribution in [2.75, 3.05) is 6.61 Å². The van der Waals surface area contributed by atoms with Gasteiger partial charge in [0.15, 0.2) is 5.75 Å². The Morgan fingerprint density at radius 1 is 1.04 bits per heavy atom. The van der Waals surface area contributed by atoms with Crippen LogP contribution in [0.25, 0.3) is 0 Å². The van der Waals surface area contributed by atoms with Crippen LogP contribution in [0.2, 0.25) is 0 Å². The molecule has 1 aromatic carbocycles. The van der Waals surface area contributed by atoms with E-state index in [1.807, 2.05) is 0 Å². The second kappa shape index (κ2) is 8.96. The summed E-state index contributed by atoms with van der Waals surface area (Å²) >= 11 is 0. The van der Waals surface area contributed by atoms with Crippen LogP contribution in [-0.4, -0.2) is 17.6 Å². The molecule has 24 heavy (non-hydrogen) atoms. The molecule has 6 heteroatoms. The van der Waals surface area contributed by atoms with Gasteiger partial charge in [0.1, 0.15) is 5.75 Å². The number of hydrogen-bond donors (Lipinski definition) is 0. The molecule has 2 aromatic rings. The molecule has 0 aliphatic heterocycles. The van der Waals surface area contributed by atoms with Crippen LogP contribution in [0.1, 0.15) is 43.0 Å². The zero-order chi connectivity index (χ0) is 17.4. The Bertz CT molecular complexity index is 674. The van der Waals surface area contributed by atoms with E-state index < -0.39 is 23.6 Å². The van der Waals surface area contributed by atoms with Crippen LogP contribution in [0.3, 0.4) is 0 Å². The van der Waals surface area contributed by atoms with Gasteiger partial charge in [0.05, 0.1) is 12.2 Å². The number of rotatable bonds is 8. The van der Waals surface area contributed by atoms with Gasteiger partial charge in [-0.2, -0.15) is 13.8 Å². The molecule has 0 radical (unpaired) electrons. The second-order valence-electron chi connectivity index (χ2n) is 5.25. The summed E-state index contributed by atoms with van der Waals surface area (Å²) < 4.78 is 36.5. The molecule has 0 bridgehead atoms. The molecule has 0 fully saturated rings. The van der Waals surface area contributed by atoms with Crippen molar-refractivity contribution < 1.29 is 23.0 Å². The number of carbonyl (C=O) groups is 1. The Labute approximate surface area is 139 Å². The number of hydrogen-bond acceptors (Lipinski definition) is 4. The number of pyridine rings is 1. The molecule has 0 unspecified atom stereocenters. The van der Waals surface area contributed by atoms with Crippen LogP contribution in [0.5, 0.6) is 11.5 Å². The lowest BCUT2D eigenvalue weighted by molar-refractivity contribution is 0.0725. The van der Waals surface area contributed by atoms with Gasteiger partial charge in [0, 0.05) is 0 Å². The summed E-state index contributed by atoms with van der Waals surface area (Å²) in [5, 5.41) is 0. The molecule has 0 saturated heterocycles. The maximum Gasteiger partial charge on any atom is 0.343 e. The standard InChI is InChI=1S/C18H19F2NO3/c1-2-3-4-5-12-23-14-8-6-13(7-9-14)18(22)24-15-10-11-16(19)21-17(15)20/h6-11H,2-5,12H2,1H3. The van der Waals surface area contributed by atoms with Gasteiger partial charge in [0.25, 0.3) is 5.95 Å². The minimum Gasteiger partial charge on any atom is -0.494 e. The Morgan fingerprint density at radius 3 is 2.46 bits per heavy atom. The van der Waals surface area contributed by atoms with Crippen molar-refractivity contribution in [2.45, 2.75) is 32.6 Å². The summed E-state index contributed by atoms with van der Waals surface area (Å²) in [7, 11) is 0. The van der Waals surface area contributed by atoms with Crippen LogP contribution < -0.4 is 9.47 Å². The van der Waals surface area contributed by atoms with Crippen LogP contribution in [0.15, 0.2) is 36.4 Å². The molecular formula is C18H19F2NO3. The largest absolute Gasteiger partial charge is 0.494 e. The summed E-state index contributed by atoms with van der Waals surface area (Å²) in [5.41, 5.74) is 0.233. The average Bonchev–Trinajstić information content (AvgIpc) is 2.57. The molecule has 4 nitrogen and oxygen atoms in total. The number of carbonyl (C=O) groups excluding carboxylic acids is 1. The molecule has 2 rings (SSSR count). The quantitative estimate of drug-likeness (QED) is 0.404. The van der Waals surface area contributed by atoms with Gasteiger partial charge >= 0.3 is 5.97 Å². The summed E-state index contributed by atoms with van der Waals surface area (Å²) in [6.45, 7) is 2.77. The highest BCUT2D eigenvalue weighted by atomic mass is 19.1. The number of ether oxygens (including phenoxy) is 2. The molecule has 0 amide bonds. The maximum absolute atomic E-state index is 13.4. The van der Waals surface area contributed by atoms with Crippen LogP contribution in [-0.2, 0) is 0 Å². The Kier molecular flexibility index (Phi) is 6.66. The third-order valence-corrected chi connectivity index (χ3v) is 3.34. The number of unbranched alkanes of at least 4 members (excludes halogenated alkanes) is 3. The van der Waals surface area contributed by atoms with Crippen LogP contribution in [0.4, 0.5) is 8.78 Å². The molecule has 128 valence electrons. The van der Waals surface area contributed by atoms with Crippen LogP contribution >= 0.6 is 0 Å². The van der Waals surface area contributed by atoms with Crippen molar-refractivity contribution in [1.29, 1.82) is 0 Å². The van der Waals surface area contributed by atoms with E-state index in [0.717, 1.165) is 25.0 Å². The summed E-state index contributed by atoms with van der Waals surface area (Å²) in [6.07, 6.45) is 4.45. The highest BCUT2D eigenvalue weighted by molar-refractivity contribution is 5.91. The summed E-state index contributed by atoms with van der Waals surface area (Å²) in [5.74, 6) is -2.67. The summed E-state index contributed by atoms with van der Waals surface area (Å²) in [4.78, 5) is 14.9. The van der Waals surface area contributed by atoms with Gasteiger partial charge in [-0.1, -0.05) is 26.2 Å². The molecule has 0 N–H and O–H groups in total. The third-order valence-electron chi connectivity index (χ3n) is 3.34. The van der Waals surface area contributed by atoms with Gasteiger partial charge in [-0.3, -0.25) is 0 Å². The van der Waals surface area contributed by atoms with Gasteiger partial charge in [-0.25, -0.2) is 4.79 Å². The molecule has 1 aromatic heterocycles. The van der Waals surface area contributed by atoms with Crippen molar-refractivity contribution in [3.05, 3.63) is 53.9 Å². The lowest BCUT2D eigenvalue weighted by Crippen LogP contribution is -2.10. The molecule has 0 aliphatic carbocycles. The molecule has 0 spiro atoms. The van der Waals surface area contributed by atoms with Crippen molar-refractivity contribution in [2.24, 2.45) is 0 Å². The lowest BCUT2D eigenvalue weighted by atomic mass is 10.2. The minimum atomic E-state index is -1.17. The van der Waals surface area contributed by atoms with E-state index in [4.69, 9.17) is 9.47 Å². The molecule has 0 atom stereocenters. The molecular weight excluding hydrogens is 316 g/mol. The van der Waals surface area contributed by atoms with Gasteiger partial charge < -0.3 is 9.47 Å².